The van der Waals surface area contributed by atoms with Crippen LogP contribution in [0.2, 0.25) is 5.02 Å². The van der Waals surface area contributed by atoms with Gasteiger partial charge in [-0.05, 0) is 42.7 Å². The molecular formula is C22H24ClN7. The number of aliphatic imine (C=N–C) groups is 2. The van der Waals surface area contributed by atoms with Crippen molar-refractivity contribution >= 4 is 40.9 Å². The summed E-state index contributed by atoms with van der Waals surface area (Å²) < 4.78 is 0. The van der Waals surface area contributed by atoms with E-state index in [1.165, 1.54) is 18.4 Å². The van der Waals surface area contributed by atoms with E-state index >= 15 is 0 Å². The summed E-state index contributed by atoms with van der Waals surface area (Å²) in [7, 11) is 0. The number of rotatable bonds is 5. The van der Waals surface area contributed by atoms with Gasteiger partial charge in [0, 0.05) is 55.7 Å². The van der Waals surface area contributed by atoms with Crippen LogP contribution in [-0.2, 0) is 6.54 Å². The SMILES string of the molecule is C=Nc1cncc(C2CC2)c1C(=NCc1ccnc2[nH]cc(Cl)c12)N1CCNCC1. The molecule has 1 aliphatic heterocycles. The van der Waals surface area contributed by atoms with Crippen LogP contribution >= 0.6 is 11.6 Å². The molecule has 0 amide bonds. The van der Waals surface area contributed by atoms with E-state index in [0.29, 0.717) is 17.5 Å². The highest BCUT2D eigenvalue weighted by Crippen LogP contribution is 2.43. The maximum absolute atomic E-state index is 6.41. The molecule has 4 heterocycles. The minimum absolute atomic E-state index is 0.513. The first-order chi connectivity index (χ1) is 14.8. The molecule has 0 aromatic carbocycles. The first-order valence-corrected chi connectivity index (χ1v) is 10.7. The highest BCUT2D eigenvalue weighted by Gasteiger charge is 2.31. The number of amidine groups is 1. The Bertz CT molecular complexity index is 1110. The fourth-order valence-electron chi connectivity index (χ4n) is 4.12. The number of halogens is 1. The van der Waals surface area contributed by atoms with Crippen molar-refractivity contribution in [1.29, 1.82) is 0 Å². The molecular weight excluding hydrogens is 398 g/mol. The standard InChI is InChI=1S/C22H24ClN7/c1-24-18-13-26-11-16(14-2-3-14)20(18)22(30-8-6-25-7-9-30)29-10-15-4-5-27-21-19(15)17(23)12-28-21/h4-5,11-14,25H,1-3,6-10H2,(H,27,28). The second kappa shape index (κ2) is 8.16. The van der Waals surface area contributed by atoms with Gasteiger partial charge in [-0.15, -0.1) is 0 Å². The summed E-state index contributed by atoms with van der Waals surface area (Å²) in [6.07, 6.45) is 9.72. The lowest BCUT2D eigenvalue weighted by Gasteiger charge is -2.32. The molecule has 1 saturated carbocycles. The highest BCUT2D eigenvalue weighted by molar-refractivity contribution is 6.35. The van der Waals surface area contributed by atoms with Gasteiger partial charge in [0.25, 0.3) is 0 Å². The predicted molar refractivity (Wildman–Crippen MR) is 121 cm³/mol. The Morgan fingerprint density at radius 1 is 1.27 bits per heavy atom. The molecule has 1 aliphatic carbocycles. The van der Waals surface area contributed by atoms with Crippen LogP contribution in [0, 0.1) is 0 Å². The van der Waals surface area contributed by atoms with E-state index in [1.807, 2.05) is 12.3 Å². The lowest BCUT2D eigenvalue weighted by atomic mass is 10.0. The van der Waals surface area contributed by atoms with Gasteiger partial charge in [-0.2, -0.15) is 0 Å². The molecule has 154 valence electrons. The average Bonchev–Trinajstić information content (AvgIpc) is 3.57. The molecule has 30 heavy (non-hydrogen) atoms. The van der Waals surface area contributed by atoms with E-state index in [0.717, 1.165) is 59.9 Å². The zero-order valence-electron chi connectivity index (χ0n) is 16.7. The molecule has 1 saturated heterocycles. The number of H-pyrrole nitrogens is 1. The van der Waals surface area contributed by atoms with Crippen molar-refractivity contribution < 1.29 is 0 Å². The van der Waals surface area contributed by atoms with Gasteiger partial charge in [0.15, 0.2) is 0 Å². The van der Waals surface area contributed by atoms with Crippen LogP contribution in [-0.4, -0.2) is 58.6 Å². The molecule has 0 radical (unpaired) electrons. The monoisotopic (exact) mass is 421 g/mol. The number of nitrogens with one attached hydrogen (secondary N) is 2. The third-order valence-electron chi connectivity index (χ3n) is 5.79. The first-order valence-electron chi connectivity index (χ1n) is 10.3. The third-order valence-corrected chi connectivity index (χ3v) is 6.09. The van der Waals surface area contributed by atoms with E-state index < -0.39 is 0 Å². The Balaban J connectivity index is 1.61. The molecule has 8 heteroatoms. The van der Waals surface area contributed by atoms with E-state index in [1.54, 1.807) is 18.6 Å². The van der Waals surface area contributed by atoms with Crippen LogP contribution in [0.1, 0.15) is 35.4 Å². The second-order valence-electron chi connectivity index (χ2n) is 7.76. The molecule has 3 aromatic heterocycles. The third kappa shape index (κ3) is 3.59. The Hall–Kier alpha value is -2.77. The second-order valence-corrected chi connectivity index (χ2v) is 8.17. The molecule has 7 nitrogen and oxygen atoms in total. The molecule has 2 fully saturated rings. The van der Waals surface area contributed by atoms with E-state index in [-0.39, 0.29) is 0 Å². The van der Waals surface area contributed by atoms with Crippen molar-refractivity contribution in [3.63, 3.8) is 0 Å². The molecule has 2 aliphatic rings. The van der Waals surface area contributed by atoms with Gasteiger partial charge in [-0.1, -0.05) is 11.6 Å². The molecule has 0 atom stereocenters. The minimum atomic E-state index is 0.513. The number of aromatic nitrogens is 3. The van der Waals surface area contributed by atoms with Gasteiger partial charge in [0.05, 0.1) is 23.5 Å². The van der Waals surface area contributed by atoms with E-state index in [9.17, 15) is 0 Å². The van der Waals surface area contributed by atoms with Crippen LogP contribution in [0.15, 0.2) is 40.8 Å². The number of pyridine rings is 2. The Labute approximate surface area is 180 Å². The van der Waals surface area contributed by atoms with Crippen LogP contribution in [0.3, 0.4) is 0 Å². The smallest absolute Gasteiger partial charge is 0.139 e. The maximum Gasteiger partial charge on any atom is 0.139 e. The van der Waals surface area contributed by atoms with Crippen LogP contribution in [0.4, 0.5) is 5.69 Å². The largest absolute Gasteiger partial charge is 0.354 e. The average molecular weight is 422 g/mol. The number of aromatic amines is 1. The summed E-state index contributed by atoms with van der Waals surface area (Å²) in [6.45, 7) is 7.98. The first kappa shape index (κ1) is 19.2. The number of hydrogen-bond donors (Lipinski definition) is 2. The number of nitrogens with zero attached hydrogens (tertiary/aromatic N) is 5. The molecule has 3 aromatic rings. The topological polar surface area (TPSA) is 81.6 Å². The Morgan fingerprint density at radius 2 is 2.10 bits per heavy atom. The predicted octanol–water partition coefficient (Wildman–Crippen LogP) is 3.67. The molecule has 2 N–H and O–H groups in total. The van der Waals surface area contributed by atoms with Crippen LogP contribution in [0.5, 0.6) is 0 Å². The quantitative estimate of drug-likeness (QED) is 0.486. The fourth-order valence-corrected chi connectivity index (χ4v) is 4.39. The van der Waals surface area contributed by atoms with Crippen molar-refractivity contribution in [1.82, 2.24) is 25.2 Å². The lowest BCUT2D eigenvalue weighted by molar-refractivity contribution is 0.357. The zero-order chi connectivity index (χ0) is 20.5. The summed E-state index contributed by atoms with van der Waals surface area (Å²) in [5.41, 5.74) is 4.95. The number of hydrogen-bond acceptors (Lipinski definition) is 5. The van der Waals surface area contributed by atoms with E-state index in [2.05, 4.69) is 36.9 Å². The summed E-state index contributed by atoms with van der Waals surface area (Å²) in [5, 5.41) is 5.03. The van der Waals surface area contributed by atoms with Gasteiger partial charge in [-0.3, -0.25) is 15.0 Å². The normalized spacial score (nSPS) is 17.5. The van der Waals surface area contributed by atoms with Gasteiger partial charge < -0.3 is 15.2 Å². The van der Waals surface area contributed by atoms with E-state index in [4.69, 9.17) is 16.6 Å². The Morgan fingerprint density at radius 3 is 2.87 bits per heavy atom. The number of piperazine rings is 1. The minimum Gasteiger partial charge on any atom is -0.354 e. The zero-order valence-corrected chi connectivity index (χ0v) is 17.5. The summed E-state index contributed by atoms with van der Waals surface area (Å²) in [6, 6.07) is 1.99. The van der Waals surface area contributed by atoms with Crippen LogP contribution in [0.25, 0.3) is 11.0 Å². The van der Waals surface area contributed by atoms with Crippen molar-refractivity contribution in [2.45, 2.75) is 25.3 Å². The molecule has 0 spiro atoms. The van der Waals surface area contributed by atoms with Crippen molar-refractivity contribution in [3.8, 4) is 0 Å². The summed E-state index contributed by atoms with van der Waals surface area (Å²) >= 11 is 6.41. The fraction of sp³-hybridized carbons (Fsp3) is 0.364. The van der Waals surface area contributed by atoms with Crippen molar-refractivity contribution in [2.24, 2.45) is 9.98 Å². The highest BCUT2D eigenvalue weighted by atomic mass is 35.5. The van der Waals surface area contributed by atoms with Crippen molar-refractivity contribution in [3.05, 3.63) is 52.6 Å². The number of fused-ring (bicyclic) bond motifs is 1. The van der Waals surface area contributed by atoms with Crippen LogP contribution < -0.4 is 5.32 Å². The van der Waals surface area contributed by atoms with Crippen molar-refractivity contribution in [2.75, 3.05) is 26.2 Å². The molecule has 5 rings (SSSR count). The molecule has 0 bridgehead atoms. The van der Waals surface area contributed by atoms with Gasteiger partial charge in [0.1, 0.15) is 11.5 Å². The van der Waals surface area contributed by atoms with Gasteiger partial charge >= 0.3 is 0 Å². The van der Waals surface area contributed by atoms with Gasteiger partial charge in [0.2, 0.25) is 0 Å². The maximum atomic E-state index is 6.41. The summed E-state index contributed by atoms with van der Waals surface area (Å²) in [4.78, 5) is 23.7. The molecule has 0 unspecified atom stereocenters. The Kier molecular flexibility index (Phi) is 5.23. The summed E-state index contributed by atoms with van der Waals surface area (Å²) in [5.74, 6) is 1.51. The lowest BCUT2D eigenvalue weighted by Crippen LogP contribution is -2.47. The van der Waals surface area contributed by atoms with Gasteiger partial charge in [-0.25, -0.2) is 4.98 Å².